The number of ketones is 1. The summed E-state index contributed by atoms with van der Waals surface area (Å²) in [7, 11) is 0. The maximum absolute atomic E-state index is 12.9. The molecule has 138 valence electrons. The predicted octanol–water partition coefficient (Wildman–Crippen LogP) is 3.44. The molecule has 0 spiro atoms. The third-order valence-electron chi connectivity index (χ3n) is 4.82. The van der Waals surface area contributed by atoms with Crippen LogP contribution in [0.1, 0.15) is 50.2 Å². The first-order chi connectivity index (χ1) is 12.1. The molecule has 0 bridgehead atoms. The highest BCUT2D eigenvalue weighted by Gasteiger charge is 2.21. The molecule has 1 saturated heterocycles. The zero-order chi connectivity index (χ0) is 17.8. The second kappa shape index (κ2) is 8.97. The van der Waals surface area contributed by atoms with E-state index >= 15 is 0 Å². The summed E-state index contributed by atoms with van der Waals surface area (Å²) < 4.78 is 0. The summed E-state index contributed by atoms with van der Waals surface area (Å²) in [5, 5.41) is 6.33. The van der Waals surface area contributed by atoms with Crippen molar-refractivity contribution in [3.63, 3.8) is 0 Å². The second-order valence-electron chi connectivity index (χ2n) is 6.69. The Morgan fingerprint density at radius 3 is 2.42 bits per heavy atom. The van der Waals surface area contributed by atoms with Gasteiger partial charge in [-0.15, -0.1) is 12.4 Å². The standard InChI is InChI=1S/C21H24N2O2.ClH/c1-14-9-10-16(12-15(14)2)20(24)18-7-3-4-8-19(18)21(25)23-17-6-5-11-22-13-17;/h3-4,7-10,12,17,22H,5-6,11,13H2,1-2H3,(H,23,25);1H/t17-;/m0./s1. The number of carbonyl (C=O) groups is 2. The lowest BCUT2D eigenvalue weighted by Crippen LogP contribution is -2.45. The van der Waals surface area contributed by atoms with Crippen molar-refractivity contribution in [2.75, 3.05) is 13.1 Å². The third-order valence-corrected chi connectivity index (χ3v) is 4.82. The van der Waals surface area contributed by atoms with Crippen molar-refractivity contribution in [2.45, 2.75) is 32.7 Å². The number of hydrogen-bond acceptors (Lipinski definition) is 3. The topological polar surface area (TPSA) is 58.2 Å². The van der Waals surface area contributed by atoms with Gasteiger partial charge in [-0.2, -0.15) is 0 Å². The molecule has 1 aliphatic heterocycles. The number of rotatable bonds is 4. The first-order valence-corrected chi connectivity index (χ1v) is 8.79. The number of benzene rings is 2. The fraction of sp³-hybridized carbons (Fsp3) is 0.333. The summed E-state index contributed by atoms with van der Waals surface area (Å²) in [4.78, 5) is 25.6. The molecule has 0 unspecified atom stereocenters. The Morgan fingerprint density at radius 2 is 1.77 bits per heavy atom. The van der Waals surface area contributed by atoms with Gasteiger partial charge in [0, 0.05) is 23.7 Å². The summed E-state index contributed by atoms with van der Waals surface area (Å²) in [5.74, 6) is -0.294. The maximum Gasteiger partial charge on any atom is 0.252 e. The highest BCUT2D eigenvalue weighted by Crippen LogP contribution is 2.18. The van der Waals surface area contributed by atoms with E-state index in [0.717, 1.165) is 37.1 Å². The quantitative estimate of drug-likeness (QED) is 0.808. The average Bonchev–Trinajstić information content (AvgIpc) is 2.64. The number of halogens is 1. The summed E-state index contributed by atoms with van der Waals surface area (Å²) in [6.07, 6.45) is 2.01. The number of nitrogens with one attached hydrogen (secondary N) is 2. The van der Waals surface area contributed by atoms with Gasteiger partial charge in [0.05, 0.1) is 5.56 Å². The SMILES string of the molecule is Cc1ccc(C(=O)c2ccccc2C(=O)N[C@H]2CCCNC2)cc1C.Cl. The molecule has 2 aromatic rings. The Balaban J connectivity index is 0.00000243. The van der Waals surface area contributed by atoms with Crippen LogP contribution in [0.2, 0.25) is 0 Å². The van der Waals surface area contributed by atoms with Crippen LogP contribution in [0, 0.1) is 13.8 Å². The molecule has 5 heteroatoms. The summed E-state index contributed by atoms with van der Waals surface area (Å²) in [5.41, 5.74) is 3.72. The molecule has 0 radical (unpaired) electrons. The minimum Gasteiger partial charge on any atom is -0.348 e. The molecule has 0 aliphatic carbocycles. The molecule has 2 aromatic carbocycles. The van der Waals surface area contributed by atoms with Crippen LogP contribution in [-0.2, 0) is 0 Å². The molecule has 3 rings (SSSR count). The van der Waals surface area contributed by atoms with Gasteiger partial charge in [-0.05, 0) is 56.5 Å². The number of hydrogen-bond donors (Lipinski definition) is 2. The van der Waals surface area contributed by atoms with E-state index in [1.807, 2.05) is 32.0 Å². The zero-order valence-electron chi connectivity index (χ0n) is 15.2. The van der Waals surface area contributed by atoms with Crippen LogP contribution in [0.25, 0.3) is 0 Å². The molecular formula is C21H25ClN2O2. The molecule has 1 fully saturated rings. The van der Waals surface area contributed by atoms with Crippen molar-refractivity contribution < 1.29 is 9.59 Å². The second-order valence-corrected chi connectivity index (χ2v) is 6.69. The normalized spacial score (nSPS) is 16.5. The van der Waals surface area contributed by atoms with Crippen molar-refractivity contribution in [2.24, 2.45) is 0 Å². The van der Waals surface area contributed by atoms with Gasteiger partial charge < -0.3 is 10.6 Å². The highest BCUT2D eigenvalue weighted by molar-refractivity contribution is 6.15. The van der Waals surface area contributed by atoms with E-state index in [0.29, 0.717) is 16.7 Å². The Labute approximate surface area is 160 Å². The lowest BCUT2D eigenvalue weighted by atomic mass is 9.95. The van der Waals surface area contributed by atoms with Crippen molar-refractivity contribution in [1.29, 1.82) is 0 Å². The smallest absolute Gasteiger partial charge is 0.252 e. The Hall–Kier alpha value is -2.17. The monoisotopic (exact) mass is 372 g/mol. The van der Waals surface area contributed by atoms with E-state index in [-0.39, 0.29) is 30.1 Å². The highest BCUT2D eigenvalue weighted by atomic mass is 35.5. The molecular weight excluding hydrogens is 348 g/mol. The van der Waals surface area contributed by atoms with E-state index in [2.05, 4.69) is 10.6 Å². The van der Waals surface area contributed by atoms with Gasteiger partial charge in [-0.1, -0.05) is 30.3 Å². The summed E-state index contributed by atoms with van der Waals surface area (Å²) in [6, 6.07) is 12.8. The van der Waals surface area contributed by atoms with Crippen molar-refractivity contribution in [3.05, 3.63) is 70.3 Å². The zero-order valence-corrected chi connectivity index (χ0v) is 16.0. The van der Waals surface area contributed by atoms with Gasteiger partial charge in [0.25, 0.3) is 5.91 Å². The number of amides is 1. The Morgan fingerprint density at radius 1 is 1.04 bits per heavy atom. The first kappa shape index (κ1) is 20.1. The minimum atomic E-state index is -0.179. The van der Waals surface area contributed by atoms with Gasteiger partial charge in [-0.25, -0.2) is 0 Å². The van der Waals surface area contributed by atoms with Crippen LogP contribution in [0.4, 0.5) is 0 Å². The lowest BCUT2D eigenvalue weighted by molar-refractivity contribution is 0.0921. The molecule has 26 heavy (non-hydrogen) atoms. The van der Waals surface area contributed by atoms with Crippen molar-refractivity contribution in [1.82, 2.24) is 10.6 Å². The van der Waals surface area contributed by atoms with E-state index in [1.165, 1.54) is 0 Å². The largest absolute Gasteiger partial charge is 0.348 e. The predicted molar refractivity (Wildman–Crippen MR) is 106 cm³/mol. The summed E-state index contributed by atoms with van der Waals surface area (Å²) in [6.45, 7) is 5.78. The van der Waals surface area contributed by atoms with E-state index < -0.39 is 0 Å². The number of aryl methyl sites for hydroxylation is 2. The molecule has 0 aromatic heterocycles. The van der Waals surface area contributed by atoms with Gasteiger partial charge in [0.1, 0.15) is 0 Å². The van der Waals surface area contributed by atoms with Crippen molar-refractivity contribution >= 4 is 24.1 Å². The minimum absolute atomic E-state index is 0. The summed E-state index contributed by atoms with van der Waals surface area (Å²) >= 11 is 0. The van der Waals surface area contributed by atoms with Gasteiger partial charge >= 0.3 is 0 Å². The molecule has 1 amide bonds. The molecule has 0 saturated carbocycles. The Kier molecular flexibility index (Phi) is 6.95. The van der Waals surface area contributed by atoms with Crippen LogP contribution in [0.3, 0.4) is 0 Å². The van der Waals surface area contributed by atoms with E-state index in [9.17, 15) is 9.59 Å². The van der Waals surface area contributed by atoms with Crippen molar-refractivity contribution in [3.8, 4) is 0 Å². The van der Waals surface area contributed by atoms with E-state index in [1.54, 1.807) is 24.3 Å². The Bertz CT molecular complexity index is 798. The first-order valence-electron chi connectivity index (χ1n) is 8.79. The van der Waals surface area contributed by atoms with Gasteiger partial charge in [0.2, 0.25) is 0 Å². The fourth-order valence-electron chi connectivity index (χ4n) is 3.16. The molecule has 1 heterocycles. The van der Waals surface area contributed by atoms with E-state index in [4.69, 9.17) is 0 Å². The van der Waals surface area contributed by atoms with Crippen LogP contribution >= 0.6 is 12.4 Å². The fourth-order valence-corrected chi connectivity index (χ4v) is 3.16. The number of piperidine rings is 1. The molecule has 2 N–H and O–H groups in total. The molecule has 1 aliphatic rings. The van der Waals surface area contributed by atoms with Gasteiger partial charge in [-0.3, -0.25) is 9.59 Å². The lowest BCUT2D eigenvalue weighted by Gasteiger charge is -2.24. The van der Waals surface area contributed by atoms with Gasteiger partial charge in [0.15, 0.2) is 5.78 Å². The third kappa shape index (κ3) is 4.51. The van der Waals surface area contributed by atoms with Crippen LogP contribution in [0.15, 0.2) is 42.5 Å². The van der Waals surface area contributed by atoms with Crippen LogP contribution < -0.4 is 10.6 Å². The molecule has 4 nitrogen and oxygen atoms in total. The van der Waals surface area contributed by atoms with Crippen LogP contribution in [0.5, 0.6) is 0 Å². The molecule has 1 atom stereocenters. The number of carbonyl (C=O) groups excluding carboxylic acids is 2. The maximum atomic E-state index is 12.9. The average molecular weight is 373 g/mol. The van der Waals surface area contributed by atoms with Crippen LogP contribution in [-0.4, -0.2) is 30.8 Å².